The third-order valence-corrected chi connectivity index (χ3v) is 6.82. The predicted molar refractivity (Wildman–Crippen MR) is 159 cm³/mol. The molecule has 0 spiro atoms. The molecule has 0 aromatic heterocycles. The van der Waals surface area contributed by atoms with E-state index in [1.165, 1.54) is 0 Å². The van der Waals surface area contributed by atoms with Crippen molar-refractivity contribution in [2.24, 2.45) is 0 Å². The zero-order chi connectivity index (χ0) is 31.5. The van der Waals surface area contributed by atoms with Gasteiger partial charge >= 0.3 is 5.97 Å². The Labute approximate surface area is 259 Å². The number of carbonyl (C=O) groups is 2. The van der Waals surface area contributed by atoms with Crippen LogP contribution in [0.5, 0.6) is 0 Å². The van der Waals surface area contributed by atoms with Crippen LogP contribution >= 0.6 is 28.6 Å². The van der Waals surface area contributed by atoms with Crippen LogP contribution in [0.4, 0.5) is 27.6 Å². The molecule has 0 aliphatic rings. The quantitative estimate of drug-likeness (QED) is 0.0628. The number of ether oxygens (including phenoxy) is 1. The number of rotatable bonds is 9. The van der Waals surface area contributed by atoms with E-state index in [9.17, 15) is 31.5 Å². The number of thiol groups is 1. The Bertz CT molecular complexity index is 1440. The van der Waals surface area contributed by atoms with Gasteiger partial charge in [-0.2, -0.15) is 0 Å². The Morgan fingerprint density at radius 3 is 1.91 bits per heavy atom. The lowest BCUT2D eigenvalue weighted by molar-refractivity contribution is -0.117. The average Bonchev–Trinajstić information content (AvgIpc) is 3.04. The average molecular weight is 682 g/mol. The number of esters is 1. The smallest absolute Gasteiger partial charge is 0.338 e. The van der Waals surface area contributed by atoms with Crippen molar-refractivity contribution in [3.63, 3.8) is 0 Å². The van der Waals surface area contributed by atoms with Crippen molar-refractivity contribution in [1.82, 2.24) is 5.32 Å². The first-order valence-corrected chi connectivity index (χ1v) is 14.0. The van der Waals surface area contributed by atoms with Crippen molar-refractivity contribution in [2.75, 3.05) is 18.0 Å². The van der Waals surface area contributed by atoms with Gasteiger partial charge in [0.25, 0.3) is 0 Å². The number of nitrogens with one attached hydrogen (secondary N) is 1. The normalized spacial score (nSPS) is 10.5. The summed E-state index contributed by atoms with van der Waals surface area (Å²) in [4.78, 5) is 25.7. The third-order valence-electron chi connectivity index (χ3n) is 5.90. The Kier molecular flexibility index (Phi) is 12.7. The molecule has 0 aliphatic heterocycles. The van der Waals surface area contributed by atoms with Gasteiger partial charge in [0.2, 0.25) is 11.7 Å². The second kappa shape index (κ2) is 16.2. The van der Waals surface area contributed by atoms with Crippen LogP contribution < -0.4 is 10.2 Å². The number of benzene rings is 4. The van der Waals surface area contributed by atoms with Gasteiger partial charge in [0.05, 0.1) is 23.5 Å². The highest BCUT2D eigenvalue weighted by Gasteiger charge is 2.23. The predicted octanol–water partition coefficient (Wildman–Crippen LogP) is 7.62. The summed E-state index contributed by atoms with van der Waals surface area (Å²) in [5, 5.41) is 3.08. The SMILES string of the molecule is CCNCC(=O)N(Cc1ccc(Br)cc1)c1ccc(C(=O)OCc2ccccc2)cc1.Fc1c(F)c(F)c(S)c(F)c1F. The lowest BCUT2D eigenvalue weighted by Gasteiger charge is -2.23. The monoisotopic (exact) mass is 680 g/mol. The highest BCUT2D eigenvalue weighted by Crippen LogP contribution is 2.25. The zero-order valence-electron chi connectivity index (χ0n) is 22.7. The van der Waals surface area contributed by atoms with E-state index in [0.29, 0.717) is 18.7 Å². The summed E-state index contributed by atoms with van der Waals surface area (Å²) < 4.78 is 67.7. The lowest BCUT2D eigenvalue weighted by atomic mass is 10.1. The molecule has 1 N–H and O–H groups in total. The Hall–Kier alpha value is -3.74. The van der Waals surface area contributed by atoms with E-state index in [1.54, 1.807) is 29.2 Å². The van der Waals surface area contributed by atoms with Gasteiger partial charge in [0.15, 0.2) is 23.3 Å². The van der Waals surface area contributed by atoms with E-state index < -0.39 is 40.0 Å². The first kappa shape index (κ1) is 33.8. The number of likely N-dealkylation sites (N-methyl/N-ethyl adjacent to an activating group) is 1. The highest BCUT2D eigenvalue weighted by molar-refractivity contribution is 9.10. The van der Waals surface area contributed by atoms with Crippen LogP contribution in [0.3, 0.4) is 0 Å². The maximum Gasteiger partial charge on any atom is 0.338 e. The van der Waals surface area contributed by atoms with Crippen LogP contribution in [0, 0.1) is 29.1 Å². The van der Waals surface area contributed by atoms with Gasteiger partial charge < -0.3 is 15.0 Å². The molecule has 5 nitrogen and oxygen atoms in total. The minimum atomic E-state index is -2.18. The van der Waals surface area contributed by atoms with Gasteiger partial charge in [0.1, 0.15) is 6.61 Å². The van der Waals surface area contributed by atoms with E-state index in [4.69, 9.17) is 4.74 Å². The first-order valence-electron chi connectivity index (χ1n) is 12.8. The Morgan fingerprint density at radius 1 is 0.791 bits per heavy atom. The fourth-order valence-corrected chi connectivity index (χ4v) is 4.06. The minimum absolute atomic E-state index is 0.0378. The third kappa shape index (κ3) is 9.37. The molecule has 226 valence electrons. The summed E-state index contributed by atoms with van der Waals surface area (Å²) in [7, 11) is 0. The molecule has 1 amide bonds. The van der Waals surface area contributed by atoms with Crippen LogP contribution in [0.2, 0.25) is 0 Å². The second-order valence-corrected chi connectivity index (χ2v) is 10.3. The fourth-order valence-electron chi connectivity index (χ4n) is 3.60. The number of halogens is 6. The van der Waals surface area contributed by atoms with Gasteiger partial charge in [-0.15, -0.1) is 12.6 Å². The molecule has 0 heterocycles. The molecule has 0 aliphatic carbocycles. The van der Waals surface area contributed by atoms with E-state index in [2.05, 4.69) is 33.9 Å². The summed E-state index contributed by atoms with van der Waals surface area (Å²) in [6.07, 6.45) is 0. The van der Waals surface area contributed by atoms with Crippen LogP contribution in [0.25, 0.3) is 0 Å². The van der Waals surface area contributed by atoms with E-state index in [0.717, 1.165) is 21.3 Å². The first-order chi connectivity index (χ1) is 20.5. The molecule has 12 heteroatoms. The Morgan fingerprint density at radius 2 is 1.35 bits per heavy atom. The molecule has 4 aromatic carbocycles. The summed E-state index contributed by atoms with van der Waals surface area (Å²) >= 11 is 6.54. The molecule has 0 atom stereocenters. The number of anilines is 1. The maximum absolute atomic E-state index is 12.8. The molecular weight excluding hydrogens is 655 g/mol. The lowest BCUT2D eigenvalue weighted by Crippen LogP contribution is -2.37. The zero-order valence-corrected chi connectivity index (χ0v) is 25.2. The molecule has 0 unspecified atom stereocenters. The highest BCUT2D eigenvalue weighted by atomic mass is 79.9. The van der Waals surface area contributed by atoms with Crippen molar-refractivity contribution >= 4 is 46.1 Å². The van der Waals surface area contributed by atoms with Crippen molar-refractivity contribution in [3.8, 4) is 0 Å². The summed E-state index contributed by atoms with van der Waals surface area (Å²) in [6.45, 7) is 3.58. The molecule has 4 aromatic rings. The molecule has 0 fully saturated rings. The van der Waals surface area contributed by atoms with Gasteiger partial charge in [-0.25, -0.2) is 26.7 Å². The van der Waals surface area contributed by atoms with Gasteiger partial charge in [-0.3, -0.25) is 4.79 Å². The van der Waals surface area contributed by atoms with Gasteiger partial charge in [-0.05, 0) is 54.1 Å². The van der Waals surface area contributed by atoms with Crippen LogP contribution in [0.15, 0.2) is 88.2 Å². The van der Waals surface area contributed by atoms with Crippen molar-refractivity contribution < 1.29 is 36.3 Å². The van der Waals surface area contributed by atoms with Crippen LogP contribution in [-0.4, -0.2) is 25.0 Å². The van der Waals surface area contributed by atoms with Crippen molar-refractivity contribution in [3.05, 3.63) is 129 Å². The Balaban J connectivity index is 0.000000353. The largest absolute Gasteiger partial charge is 0.457 e. The maximum atomic E-state index is 12.8. The van der Waals surface area contributed by atoms with Gasteiger partial charge in [-0.1, -0.05) is 65.3 Å². The van der Waals surface area contributed by atoms with Gasteiger partial charge in [0, 0.05) is 10.2 Å². The molecule has 0 radical (unpaired) electrons. The topological polar surface area (TPSA) is 58.6 Å². The summed E-state index contributed by atoms with van der Waals surface area (Å²) in [5.74, 6) is -10.4. The number of hydrogen-bond donors (Lipinski definition) is 2. The fraction of sp³-hybridized carbons (Fsp3) is 0.161. The number of carbonyl (C=O) groups excluding carboxylic acids is 2. The summed E-state index contributed by atoms with van der Waals surface area (Å²) in [5.41, 5.74) is 3.12. The minimum Gasteiger partial charge on any atom is -0.457 e. The molecular formula is C31H26BrF5N2O3S. The van der Waals surface area contributed by atoms with Crippen molar-refractivity contribution in [1.29, 1.82) is 0 Å². The number of amides is 1. The summed E-state index contributed by atoms with van der Waals surface area (Å²) in [6, 6.07) is 24.4. The molecule has 43 heavy (non-hydrogen) atoms. The number of hydrogen-bond acceptors (Lipinski definition) is 5. The standard InChI is InChI=1S/C25H25BrN2O3.C6HF5S/c1-2-27-16-24(29)28(17-19-8-12-22(26)13-9-19)23-14-10-21(11-15-23)25(30)31-18-20-6-4-3-5-7-20;7-1-2(8)4(10)6(12)5(11)3(1)9/h3-15,27H,2,16-18H2,1H3;12H. The second-order valence-electron chi connectivity index (χ2n) is 8.91. The van der Waals surface area contributed by atoms with E-state index >= 15 is 0 Å². The van der Waals surface area contributed by atoms with Crippen molar-refractivity contribution in [2.45, 2.75) is 25.0 Å². The number of nitrogens with zero attached hydrogens (tertiary/aromatic N) is 1. The van der Waals surface area contributed by atoms with E-state index in [-0.39, 0.29) is 19.1 Å². The van der Waals surface area contributed by atoms with Crippen LogP contribution in [-0.2, 0) is 22.7 Å². The molecule has 0 saturated heterocycles. The van der Waals surface area contributed by atoms with E-state index in [1.807, 2.05) is 61.5 Å². The molecule has 0 saturated carbocycles. The van der Waals surface area contributed by atoms with Crippen LogP contribution in [0.1, 0.15) is 28.4 Å². The molecule has 0 bridgehead atoms. The molecule has 4 rings (SSSR count).